The summed E-state index contributed by atoms with van der Waals surface area (Å²) in [6.45, 7) is 1.58. The van der Waals surface area contributed by atoms with Gasteiger partial charge >= 0.3 is 0 Å². The normalized spacial score (nSPS) is 17.4. The van der Waals surface area contributed by atoms with Crippen molar-refractivity contribution in [2.45, 2.75) is 19.5 Å². The summed E-state index contributed by atoms with van der Waals surface area (Å²) in [5.74, 6) is -0.107. The van der Waals surface area contributed by atoms with Gasteiger partial charge in [0.2, 0.25) is 12.7 Å². The molecular formula is C18H14ClFN2O4. The van der Waals surface area contributed by atoms with Crippen molar-refractivity contribution in [3.05, 3.63) is 52.3 Å². The second-order valence-electron chi connectivity index (χ2n) is 6.06. The molecule has 0 aromatic heterocycles. The Bertz CT molecular complexity index is 934. The van der Waals surface area contributed by atoms with E-state index in [2.05, 4.69) is 5.32 Å². The van der Waals surface area contributed by atoms with Crippen LogP contribution < -0.4 is 19.7 Å². The summed E-state index contributed by atoms with van der Waals surface area (Å²) in [6, 6.07) is 6.48. The van der Waals surface area contributed by atoms with Crippen LogP contribution in [0.3, 0.4) is 0 Å². The molecule has 2 heterocycles. The van der Waals surface area contributed by atoms with Gasteiger partial charge in [-0.05, 0) is 29.8 Å². The van der Waals surface area contributed by atoms with E-state index in [0.29, 0.717) is 33.3 Å². The number of rotatable bonds is 3. The number of nitrogens with zero attached hydrogens (tertiary/aromatic N) is 1. The SMILES string of the molecule is CC(=O)N[C@@H]1C(=O)N(Cc2cc3c(cc2Cl)OCO3)c2ccc(F)cc21. The van der Waals surface area contributed by atoms with Gasteiger partial charge in [-0.1, -0.05) is 11.6 Å². The number of hydrogen-bond acceptors (Lipinski definition) is 4. The van der Waals surface area contributed by atoms with E-state index in [9.17, 15) is 14.0 Å². The van der Waals surface area contributed by atoms with E-state index in [1.54, 1.807) is 12.1 Å². The molecule has 0 bridgehead atoms. The minimum Gasteiger partial charge on any atom is -0.454 e. The highest BCUT2D eigenvalue weighted by molar-refractivity contribution is 6.31. The van der Waals surface area contributed by atoms with Crippen molar-refractivity contribution < 1.29 is 23.5 Å². The molecule has 8 heteroatoms. The van der Waals surface area contributed by atoms with Crippen LogP contribution in [0.15, 0.2) is 30.3 Å². The lowest BCUT2D eigenvalue weighted by Gasteiger charge is -2.19. The van der Waals surface area contributed by atoms with Crippen LogP contribution in [0, 0.1) is 5.82 Å². The molecule has 1 atom stereocenters. The Morgan fingerprint density at radius 2 is 2.04 bits per heavy atom. The largest absolute Gasteiger partial charge is 0.454 e. The van der Waals surface area contributed by atoms with E-state index < -0.39 is 11.9 Å². The van der Waals surface area contributed by atoms with Crippen LogP contribution in [-0.2, 0) is 16.1 Å². The van der Waals surface area contributed by atoms with E-state index in [4.69, 9.17) is 21.1 Å². The molecule has 134 valence electrons. The predicted octanol–water partition coefficient (Wildman–Crippen LogP) is 2.93. The van der Waals surface area contributed by atoms with Gasteiger partial charge in [-0.2, -0.15) is 0 Å². The van der Waals surface area contributed by atoms with E-state index in [-0.39, 0.29) is 25.2 Å². The smallest absolute Gasteiger partial charge is 0.254 e. The monoisotopic (exact) mass is 376 g/mol. The van der Waals surface area contributed by atoms with E-state index in [0.717, 1.165) is 0 Å². The van der Waals surface area contributed by atoms with Crippen molar-refractivity contribution >= 4 is 29.1 Å². The number of carbonyl (C=O) groups is 2. The highest BCUT2D eigenvalue weighted by Crippen LogP contribution is 2.41. The summed E-state index contributed by atoms with van der Waals surface area (Å²) in [5.41, 5.74) is 1.61. The molecule has 0 radical (unpaired) electrons. The maximum atomic E-state index is 13.7. The van der Waals surface area contributed by atoms with Crippen molar-refractivity contribution in [3.63, 3.8) is 0 Å². The highest BCUT2D eigenvalue weighted by atomic mass is 35.5. The van der Waals surface area contributed by atoms with Gasteiger partial charge < -0.3 is 19.7 Å². The van der Waals surface area contributed by atoms with Gasteiger partial charge in [0.05, 0.1) is 12.2 Å². The zero-order chi connectivity index (χ0) is 18.4. The Morgan fingerprint density at radius 3 is 2.77 bits per heavy atom. The number of hydrogen-bond donors (Lipinski definition) is 1. The molecule has 0 saturated carbocycles. The molecule has 2 amide bonds. The first-order chi connectivity index (χ1) is 12.4. The first kappa shape index (κ1) is 16.7. The molecule has 1 N–H and O–H groups in total. The first-order valence-electron chi connectivity index (χ1n) is 7.90. The molecule has 2 aliphatic heterocycles. The molecular weight excluding hydrogens is 363 g/mol. The van der Waals surface area contributed by atoms with E-state index in [1.165, 1.54) is 30.0 Å². The van der Waals surface area contributed by atoms with E-state index in [1.807, 2.05) is 0 Å². The molecule has 2 aliphatic rings. The fourth-order valence-electron chi connectivity index (χ4n) is 3.17. The summed E-state index contributed by atoms with van der Waals surface area (Å²) in [4.78, 5) is 25.8. The maximum Gasteiger partial charge on any atom is 0.254 e. The number of fused-ring (bicyclic) bond motifs is 2. The van der Waals surface area contributed by atoms with Crippen LogP contribution in [0.25, 0.3) is 0 Å². The minimum absolute atomic E-state index is 0.116. The fourth-order valence-corrected chi connectivity index (χ4v) is 3.38. The third-order valence-electron chi connectivity index (χ3n) is 4.32. The number of anilines is 1. The molecule has 4 rings (SSSR count). The summed E-state index contributed by atoms with van der Waals surface area (Å²) in [6.07, 6.45) is 0. The molecule has 0 aliphatic carbocycles. The Morgan fingerprint density at radius 1 is 1.31 bits per heavy atom. The summed E-state index contributed by atoms with van der Waals surface area (Å²) >= 11 is 6.30. The maximum absolute atomic E-state index is 13.7. The molecule has 0 spiro atoms. The zero-order valence-electron chi connectivity index (χ0n) is 13.7. The lowest BCUT2D eigenvalue weighted by Crippen LogP contribution is -2.36. The Kier molecular flexibility index (Phi) is 3.96. The van der Waals surface area contributed by atoms with Gasteiger partial charge in [-0.15, -0.1) is 0 Å². The fraction of sp³-hybridized carbons (Fsp3) is 0.222. The lowest BCUT2D eigenvalue weighted by atomic mass is 10.1. The highest BCUT2D eigenvalue weighted by Gasteiger charge is 2.38. The van der Waals surface area contributed by atoms with Crippen LogP contribution in [0.4, 0.5) is 10.1 Å². The van der Waals surface area contributed by atoms with Crippen LogP contribution in [0.2, 0.25) is 5.02 Å². The molecule has 0 saturated heterocycles. The average Bonchev–Trinajstić information content (AvgIpc) is 3.12. The van der Waals surface area contributed by atoms with Gasteiger partial charge in [-0.3, -0.25) is 9.59 Å². The number of benzene rings is 2. The zero-order valence-corrected chi connectivity index (χ0v) is 14.5. The van der Waals surface area contributed by atoms with Crippen LogP contribution >= 0.6 is 11.6 Å². The summed E-state index contributed by atoms with van der Waals surface area (Å²) < 4.78 is 24.3. The van der Waals surface area contributed by atoms with Crippen molar-refractivity contribution in [3.8, 4) is 11.5 Å². The standard InChI is InChI=1S/C18H14ClFN2O4/c1-9(23)21-17-12-5-11(20)2-3-14(12)22(18(17)24)7-10-4-15-16(6-13(10)19)26-8-25-15/h2-6,17H,7-8H2,1H3,(H,21,23)/t17-/m0/s1. The van der Waals surface area contributed by atoms with Gasteiger partial charge in [-0.25, -0.2) is 4.39 Å². The second-order valence-corrected chi connectivity index (χ2v) is 6.47. The van der Waals surface area contributed by atoms with Gasteiger partial charge in [0.15, 0.2) is 11.5 Å². The van der Waals surface area contributed by atoms with Crippen molar-refractivity contribution in [2.24, 2.45) is 0 Å². The molecule has 2 aromatic carbocycles. The molecule has 2 aromatic rings. The molecule has 0 fully saturated rings. The minimum atomic E-state index is -0.925. The number of ether oxygens (including phenoxy) is 2. The van der Waals surface area contributed by atoms with Gasteiger partial charge in [0.25, 0.3) is 5.91 Å². The lowest BCUT2D eigenvalue weighted by molar-refractivity contribution is -0.126. The van der Waals surface area contributed by atoms with Crippen LogP contribution in [-0.4, -0.2) is 18.6 Å². The van der Waals surface area contributed by atoms with Crippen molar-refractivity contribution in [2.75, 3.05) is 11.7 Å². The van der Waals surface area contributed by atoms with Gasteiger partial charge in [0, 0.05) is 23.6 Å². The van der Waals surface area contributed by atoms with Crippen LogP contribution in [0.5, 0.6) is 11.5 Å². The number of carbonyl (C=O) groups excluding carboxylic acids is 2. The molecule has 0 unspecified atom stereocenters. The summed E-state index contributed by atoms with van der Waals surface area (Å²) in [7, 11) is 0. The second kappa shape index (κ2) is 6.17. The third-order valence-corrected chi connectivity index (χ3v) is 4.67. The average molecular weight is 377 g/mol. The predicted molar refractivity (Wildman–Crippen MR) is 91.7 cm³/mol. The third kappa shape index (κ3) is 2.74. The van der Waals surface area contributed by atoms with Gasteiger partial charge in [0.1, 0.15) is 11.9 Å². The number of nitrogens with one attached hydrogen (secondary N) is 1. The topological polar surface area (TPSA) is 67.9 Å². The quantitative estimate of drug-likeness (QED) is 0.894. The Labute approximate surface area is 153 Å². The van der Waals surface area contributed by atoms with Crippen molar-refractivity contribution in [1.82, 2.24) is 5.32 Å². The molecule has 6 nitrogen and oxygen atoms in total. The summed E-state index contributed by atoms with van der Waals surface area (Å²) in [5, 5.41) is 3.00. The van der Waals surface area contributed by atoms with Crippen molar-refractivity contribution in [1.29, 1.82) is 0 Å². The Hall–Kier alpha value is -2.80. The first-order valence-corrected chi connectivity index (χ1v) is 8.28. The van der Waals surface area contributed by atoms with E-state index >= 15 is 0 Å². The van der Waals surface area contributed by atoms with Crippen LogP contribution in [0.1, 0.15) is 24.1 Å². The number of halogens is 2. The Balaban J connectivity index is 1.71. The molecule has 26 heavy (non-hydrogen) atoms. The number of amides is 2.